The van der Waals surface area contributed by atoms with Gasteiger partial charge < -0.3 is 16.3 Å². The average Bonchev–Trinajstić information content (AvgIpc) is 2.37. The maximum atomic E-state index is 12.8. The number of halogens is 3. The van der Waals surface area contributed by atoms with Crippen molar-refractivity contribution in [3.05, 3.63) is 29.8 Å². The highest BCUT2D eigenvalue weighted by molar-refractivity contribution is 6.08. The summed E-state index contributed by atoms with van der Waals surface area (Å²) in [6, 6.07) is 4.61. The molecule has 1 atom stereocenters. The Kier molecular flexibility index (Phi) is 5.17. The molecule has 1 amide bonds. The van der Waals surface area contributed by atoms with Gasteiger partial charge in [-0.05, 0) is 18.1 Å². The maximum Gasteiger partial charge on any atom is 0.418 e. The zero-order chi connectivity index (χ0) is 16.2. The minimum atomic E-state index is -4.59. The molecule has 0 aromatic heterocycles. The van der Waals surface area contributed by atoms with Crippen molar-refractivity contribution in [1.82, 2.24) is 0 Å². The number of benzene rings is 1. The van der Waals surface area contributed by atoms with Gasteiger partial charge in [0.1, 0.15) is 5.92 Å². The number of nitrogens with two attached hydrogens (primary N) is 1. The van der Waals surface area contributed by atoms with Crippen LogP contribution in [0.3, 0.4) is 0 Å². The summed E-state index contributed by atoms with van der Waals surface area (Å²) in [5, 5.41) is 13.6. The molecular weight excluding hydrogens is 287 g/mol. The first kappa shape index (κ1) is 16.8. The summed E-state index contributed by atoms with van der Waals surface area (Å²) in [7, 11) is 0. The highest BCUT2D eigenvalue weighted by atomic mass is 19.4. The number of alkyl halides is 3. The first-order valence-electron chi connectivity index (χ1n) is 6.13. The van der Waals surface area contributed by atoms with Gasteiger partial charge in [0.05, 0.1) is 11.3 Å². The summed E-state index contributed by atoms with van der Waals surface area (Å²) in [5.41, 5.74) is 4.09. The smallest absolute Gasteiger partial charge is 0.409 e. The Bertz CT molecular complexity index is 542. The third-order valence-electron chi connectivity index (χ3n) is 2.87. The summed E-state index contributed by atoms with van der Waals surface area (Å²) in [5.74, 6) is -2.50. The second kappa shape index (κ2) is 6.47. The molecule has 0 aliphatic rings. The molecule has 8 heteroatoms. The number of anilines is 1. The van der Waals surface area contributed by atoms with Gasteiger partial charge in [-0.2, -0.15) is 13.2 Å². The lowest BCUT2D eigenvalue weighted by Gasteiger charge is -2.20. The van der Waals surface area contributed by atoms with E-state index < -0.39 is 23.6 Å². The summed E-state index contributed by atoms with van der Waals surface area (Å²) < 4.78 is 38.5. The molecule has 5 nitrogen and oxygen atoms in total. The second-order valence-electron chi connectivity index (χ2n) is 4.78. The Hall–Kier alpha value is -2.25. The fourth-order valence-electron chi connectivity index (χ4n) is 1.89. The van der Waals surface area contributed by atoms with E-state index in [1.54, 1.807) is 13.8 Å². The van der Waals surface area contributed by atoms with Gasteiger partial charge in [-0.25, -0.2) is 0 Å². The van der Waals surface area contributed by atoms with Crippen LogP contribution in [-0.2, 0) is 11.0 Å². The molecule has 0 spiro atoms. The lowest BCUT2D eigenvalue weighted by Crippen LogP contribution is -2.38. The number of amides is 1. The fourth-order valence-corrected chi connectivity index (χ4v) is 1.89. The maximum absolute atomic E-state index is 12.8. The molecule has 1 rings (SSSR count). The van der Waals surface area contributed by atoms with Crippen LogP contribution in [0.1, 0.15) is 19.4 Å². The van der Waals surface area contributed by atoms with Crippen molar-refractivity contribution in [1.29, 1.82) is 0 Å². The second-order valence-corrected chi connectivity index (χ2v) is 4.78. The largest absolute Gasteiger partial charge is 0.418 e. The van der Waals surface area contributed by atoms with Crippen molar-refractivity contribution in [3.8, 4) is 0 Å². The minimum absolute atomic E-state index is 0.348. The molecule has 21 heavy (non-hydrogen) atoms. The zero-order valence-electron chi connectivity index (χ0n) is 11.5. The quantitative estimate of drug-likeness (QED) is 0.346. The topological polar surface area (TPSA) is 87.7 Å². The number of carbonyl (C=O) groups excluding carboxylic acids is 1. The van der Waals surface area contributed by atoms with Gasteiger partial charge in [0.15, 0.2) is 5.84 Å². The monoisotopic (exact) mass is 303 g/mol. The Labute approximate surface area is 119 Å². The Balaban J connectivity index is 3.09. The highest BCUT2D eigenvalue weighted by Gasteiger charge is 2.35. The van der Waals surface area contributed by atoms with E-state index in [2.05, 4.69) is 10.5 Å². The number of para-hydroxylation sites is 1. The van der Waals surface area contributed by atoms with Gasteiger partial charge in [0.2, 0.25) is 5.91 Å². The van der Waals surface area contributed by atoms with E-state index in [0.717, 1.165) is 12.1 Å². The Morgan fingerprint density at radius 3 is 2.38 bits per heavy atom. The number of carbonyl (C=O) groups is 1. The van der Waals surface area contributed by atoms with Crippen molar-refractivity contribution < 1.29 is 23.2 Å². The molecule has 1 aromatic carbocycles. The normalized spacial score (nSPS) is 14.1. The molecular formula is C13H16F3N3O2. The first-order chi connectivity index (χ1) is 9.68. The van der Waals surface area contributed by atoms with E-state index in [9.17, 15) is 18.0 Å². The molecule has 1 aromatic rings. The van der Waals surface area contributed by atoms with Crippen LogP contribution in [0, 0.1) is 11.8 Å². The molecule has 116 valence electrons. The summed E-state index contributed by atoms with van der Waals surface area (Å²) in [6.07, 6.45) is -4.59. The predicted molar refractivity (Wildman–Crippen MR) is 71.8 cm³/mol. The van der Waals surface area contributed by atoms with Crippen LogP contribution in [0.25, 0.3) is 0 Å². The minimum Gasteiger partial charge on any atom is -0.409 e. The van der Waals surface area contributed by atoms with Gasteiger partial charge in [-0.3, -0.25) is 4.79 Å². The van der Waals surface area contributed by atoms with Crippen molar-refractivity contribution in [2.45, 2.75) is 20.0 Å². The van der Waals surface area contributed by atoms with Gasteiger partial charge in [0, 0.05) is 0 Å². The molecule has 0 heterocycles. The molecule has 0 bridgehead atoms. The van der Waals surface area contributed by atoms with E-state index in [4.69, 9.17) is 10.9 Å². The summed E-state index contributed by atoms with van der Waals surface area (Å²) in [6.45, 7) is 3.27. The number of hydrogen-bond donors (Lipinski definition) is 3. The number of oxime groups is 1. The van der Waals surface area contributed by atoms with Gasteiger partial charge >= 0.3 is 6.18 Å². The molecule has 0 saturated carbocycles. The summed E-state index contributed by atoms with van der Waals surface area (Å²) >= 11 is 0. The Morgan fingerprint density at radius 1 is 1.33 bits per heavy atom. The molecule has 0 fully saturated rings. The summed E-state index contributed by atoms with van der Waals surface area (Å²) in [4.78, 5) is 12.1. The SMILES string of the molecule is CC(C)C(C(=O)Nc1ccccc1C(F)(F)F)C(N)=NO. The van der Waals surface area contributed by atoms with E-state index in [1.165, 1.54) is 12.1 Å². The van der Waals surface area contributed by atoms with Crippen LogP contribution in [0.5, 0.6) is 0 Å². The molecule has 0 saturated heterocycles. The van der Waals surface area contributed by atoms with Crippen molar-refractivity contribution in [2.24, 2.45) is 22.7 Å². The van der Waals surface area contributed by atoms with Crippen molar-refractivity contribution >= 4 is 17.4 Å². The van der Waals surface area contributed by atoms with Crippen LogP contribution in [-0.4, -0.2) is 17.0 Å². The van der Waals surface area contributed by atoms with Crippen molar-refractivity contribution in [2.75, 3.05) is 5.32 Å². The van der Waals surface area contributed by atoms with Gasteiger partial charge in [-0.1, -0.05) is 31.1 Å². The third-order valence-corrected chi connectivity index (χ3v) is 2.87. The van der Waals surface area contributed by atoms with E-state index in [1.807, 2.05) is 0 Å². The number of hydrogen-bond acceptors (Lipinski definition) is 3. The molecule has 0 aliphatic carbocycles. The van der Waals surface area contributed by atoms with Crippen LogP contribution in [0.15, 0.2) is 29.4 Å². The Morgan fingerprint density at radius 2 is 1.90 bits per heavy atom. The first-order valence-corrected chi connectivity index (χ1v) is 6.13. The number of nitrogens with zero attached hydrogens (tertiary/aromatic N) is 1. The molecule has 0 aliphatic heterocycles. The van der Waals surface area contributed by atoms with E-state index in [0.29, 0.717) is 0 Å². The fraction of sp³-hybridized carbons (Fsp3) is 0.385. The third kappa shape index (κ3) is 4.11. The van der Waals surface area contributed by atoms with Crippen LogP contribution < -0.4 is 11.1 Å². The lowest BCUT2D eigenvalue weighted by atomic mass is 9.93. The number of rotatable bonds is 4. The molecule has 1 unspecified atom stereocenters. The highest BCUT2D eigenvalue weighted by Crippen LogP contribution is 2.34. The van der Waals surface area contributed by atoms with E-state index in [-0.39, 0.29) is 17.4 Å². The van der Waals surface area contributed by atoms with Gasteiger partial charge in [-0.15, -0.1) is 0 Å². The van der Waals surface area contributed by atoms with Crippen LogP contribution in [0.2, 0.25) is 0 Å². The predicted octanol–water partition coefficient (Wildman–Crippen LogP) is 2.66. The standard InChI is InChI=1S/C13H16F3N3O2/c1-7(2)10(11(17)19-21)12(20)18-9-6-4-3-5-8(9)13(14,15)16/h3-7,10,21H,1-2H3,(H2,17,19)(H,18,20). The molecule has 4 N–H and O–H groups in total. The zero-order valence-corrected chi connectivity index (χ0v) is 11.5. The molecule has 0 radical (unpaired) electrons. The van der Waals surface area contributed by atoms with Crippen molar-refractivity contribution in [3.63, 3.8) is 0 Å². The van der Waals surface area contributed by atoms with Crippen LogP contribution in [0.4, 0.5) is 18.9 Å². The number of amidine groups is 1. The average molecular weight is 303 g/mol. The van der Waals surface area contributed by atoms with E-state index >= 15 is 0 Å². The number of nitrogens with one attached hydrogen (secondary N) is 1. The lowest BCUT2D eigenvalue weighted by molar-refractivity contribution is -0.137. The van der Waals surface area contributed by atoms with Gasteiger partial charge in [0.25, 0.3) is 0 Å². The van der Waals surface area contributed by atoms with Crippen LogP contribution >= 0.6 is 0 Å².